The summed E-state index contributed by atoms with van der Waals surface area (Å²) in [5.41, 5.74) is 2.39. The molecule has 0 bridgehead atoms. The number of likely N-dealkylation sites (tertiary alicyclic amines) is 1. The monoisotopic (exact) mass is 479 g/mol. The van der Waals surface area contributed by atoms with Gasteiger partial charge in [0.25, 0.3) is 11.7 Å². The number of rotatable bonds is 9. The van der Waals surface area contributed by atoms with Crippen LogP contribution >= 0.6 is 0 Å². The van der Waals surface area contributed by atoms with Crippen molar-refractivity contribution in [1.82, 2.24) is 4.90 Å². The molecule has 7 nitrogen and oxygen atoms in total. The number of likely N-dealkylation sites (N-methyl/N-ethyl adjacent to an activating group) is 1. The third kappa shape index (κ3) is 4.91. The number of nitrogens with one attached hydrogen (secondary N) is 1. The molecule has 2 aliphatic heterocycles. The quantitative estimate of drug-likeness (QED) is 0.329. The lowest BCUT2D eigenvalue weighted by Gasteiger charge is -2.27. The molecular formula is C28H35N2O5+. The number of carbonyl (C=O) groups excluding carboxylic acids is 2. The van der Waals surface area contributed by atoms with Gasteiger partial charge in [0.05, 0.1) is 44.4 Å². The Hall–Kier alpha value is -3.32. The molecule has 7 heteroatoms. The van der Waals surface area contributed by atoms with Crippen molar-refractivity contribution in [3.8, 4) is 11.5 Å². The van der Waals surface area contributed by atoms with E-state index in [4.69, 9.17) is 9.47 Å². The molecule has 0 radical (unpaired) electrons. The summed E-state index contributed by atoms with van der Waals surface area (Å²) in [6.45, 7) is 11.7. The average molecular weight is 480 g/mol. The summed E-state index contributed by atoms with van der Waals surface area (Å²) in [5.74, 6) is 0.131. The van der Waals surface area contributed by atoms with Crippen molar-refractivity contribution in [3.63, 3.8) is 0 Å². The van der Waals surface area contributed by atoms with E-state index in [2.05, 4.69) is 13.8 Å². The number of amides is 1. The summed E-state index contributed by atoms with van der Waals surface area (Å²) < 4.78 is 11.3. The van der Waals surface area contributed by atoms with Gasteiger partial charge in [-0.05, 0) is 69.2 Å². The summed E-state index contributed by atoms with van der Waals surface area (Å²) in [4.78, 5) is 29.4. The van der Waals surface area contributed by atoms with Gasteiger partial charge < -0.3 is 24.4 Å². The van der Waals surface area contributed by atoms with Crippen LogP contribution in [0.15, 0.2) is 48.0 Å². The molecule has 2 atom stereocenters. The second-order valence-corrected chi connectivity index (χ2v) is 9.16. The van der Waals surface area contributed by atoms with Crippen molar-refractivity contribution >= 4 is 17.4 Å². The Kier molecular flexibility index (Phi) is 7.45. The van der Waals surface area contributed by atoms with E-state index in [1.54, 1.807) is 11.0 Å². The lowest BCUT2D eigenvalue weighted by molar-refractivity contribution is -0.895. The number of benzene rings is 2. The van der Waals surface area contributed by atoms with Crippen LogP contribution in [0.2, 0.25) is 0 Å². The van der Waals surface area contributed by atoms with E-state index >= 15 is 0 Å². The first kappa shape index (κ1) is 24.8. The second-order valence-electron chi connectivity index (χ2n) is 9.16. The predicted octanol–water partition coefficient (Wildman–Crippen LogP) is 2.76. The zero-order chi connectivity index (χ0) is 25.1. The summed E-state index contributed by atoms with van der Waals surface area (Å²) in [7, 11) is 0. The Morgan fingerprint density at radius 1 is 1.11 bits per heavy atom. The predicted molar refractivity (Wildman–Crippen MR) is 134 cm³/mol. The standard InChI is InChI=1S/C28H34N2O5/c1-5-29(6-2)14-15-30-25(19-8-11-22(12-9-19)34-7-3)24(27(32)28(30)33)26(31)20-10-13-23-21(17-20)16-18(4)35-23/h8-13,17-18,25,31H,5-7,14-16H2,1-4H3/p+1/t18-,25+/m1/s1. The van der Waals surface area contributed by atoms with Crippen LogP contribution < -0.4 is 14.4 Å². The number of nitrogens with zero attached hydrogens (tertiary/aromatic N) is 1. The number of quaternary nitrogens is 1. The molecule has 2 N–H and O–H groups in total. The van der Waals surface area contributed by atoms with Crippen LogP contribution in [0.5, 0.6) is 11.5 Å². The Morgan fingerprint density at radius 2 is 1.83 bits per heavy atom. The lowest BCUT2D eigenvalue weighted by atomic mass is 9.94. The van der Waals surface area contributed by atoms with Crippen LogP contribution in [0.1, 0.15) is 50.4 Å². The van der Waals surface area contributed by atoms with Gasteiger partial charge in [-0.15, -0.1) is 0 Å². The van der Waals surface area contributed by atoms with Gasteiger partial charge in [-0.25, -0.2) is 0 Å². The maximum atomic E-state index is 13.3. The first-order valence-electron chi connectivity index (χ1n) is 12.5. The molecule has 0 spiro atoms. The molecule has 1 saturated heterocycles. The first-order valence-corrected chi connectivity index (χ1v) is 12.5. The number of ketones is 1. The fourth-order valence-electron chi connectivity index (χ4n) is 4.98. The van der Waals surface area contributed by atoms with E-state index in [0.717, 1.165) is 42.9 Å². The first-order chi connectivity index (χ1) is 16.9. The zero-order valence-corrected chi connectivity index (χ0v) is 21.0. The highest BCUT2D eigenvalue weighted by Crippen LogP contribution is 2.40. The van der Waals surface area contributed by atoms with E-state index in [0.29, 0.717) is 24.5 Å². The Labute approximate surface area is 206 Å². The summed E-state index contributed by atoms with van der Waals surface area (Å²) in [6.07, 6.45) is 0.805. The smallest absolute Gasteiger partial charge is 0.295 e. The Balaban J connectivity index is 1.76. The summed E-state index contributed by atoms with van der Waals surface area (Å²) in [6, 6.07) is 12.2. The summed E-state index contributed by atoms with van der Waals surface area (Å²) >= 11 is 0. The zero-order valence-electron chi connectivity index (χ0n) is 21.0. The molecular weight excluding hydrogens is 444 g/mol. The van der Waals surface area contributed by atoms with Crippen LogP contribution in [-0.2, 0) is 16.0 Å². The number of carbonyl (C=O) groups is 2. The van der Waals surface area contributed by atoms with Gasteiger partial charge in [0, 0.05) is 12.0 Å². The number of hydrogen-bond acceptors (Lipinski definition) is 5. The van der Waals surface area contributed by atoms with Gasteiger partial charge >= 0.3 is 0 Å². The molecule has 4 rings (SSSR count). The van der Waals surface area contributed by atoms with Crippen molar-refractivity contribution in [1.29, 1.82) is 0 Å². The summed E-state index contributed by atoms with van der Waals surface area (Å²) in [5, 5.41) is 11.4. The highest BCUT2D eigenvalue weighted by atomic mass is 16.5. The molecule has 2 aromatic carbocycles. The van der Waals surface area contributed by atoms with Crippen molar-refractivity contribution < 1.29 is 29.1 Å². The maximum Gasteiger partial charge on any atom is 0.295 e. The minimum absolute atomic E-state index is 0.0689. The molecule has 35 heavy (non-hydrogen) atoms. The van der Waals surface area contributed by atoms with E-state index in [-0.39, 0.29) is 17.4 Å². The van der Waals surface area contributed by atoms with E-state index in [9.17, 15) is 14.7 Å². The van der Waals surface area contributed by atoms with Gasteiger partial charge in [-0.3, -0.25) is 9.59 Å². The largest absolute Gasteiger partial charge is 0.507 e. The molecule has 2 aromatic rings. The van der Waals surface area contributed by atoms with E-state index < -0.39 is 17.7 Å². The fourth-order valence-corrected chi connectivity index (χ4v) is 4.98. The number of fused-ring (bicyclic) bond motifs is 1. The third-order valence-corrected chi connectivity index (χ3v) is 6.92. The Morgan fingerprint density at radius 3 is 2.49 bits per heavy atom. The van der Waals surface area contributed by atoms with E-state index in [1.165, 1.54) is 4.90 Å². The third-order valence-electron chi connectivity index (χ3n) is 6.92. The SMILES string of the molecule is CCOc1ccc([C@H]2C(=C(O)c3ccc4c(c3)C[C@@H](C)O4)C(=O)C(=O)N2CC[NH+](CC)CC)cc1. The number of Topliss-reactive ketones (excluding diaryl/α,β-unsaturated/α-hetero) is 1. The molecule has 0 saturated carbocycles. The number of aliphatic hydroxyl groups is 1. The fraction of sp³-hybridized carbons (Fsp3) is 0.429. The number of ether oxygens (including phenoxy) is 2. The average Bonchev–Trinajstić information content (AvgIpc) is 3.35. The van der Waals surface area contributed by atoms with Gasteiger partial charge in [0.1, 0.15) is 23.4 Å². The minimum atomic E-state index is -0.663. The molecule has 2 aliphatic rings. The van der Waals surface area contributed by atoms with Gasteiger partial charge in [0.15, 0.2) is 0 Å². The van der Waals surface area contributed by atoms with Crippen molar-refractivity contribution in [3.05, 3.63) is 64.7 Å². The van der Waals surface area contributed by atoms with Crippen LogP contribution in [0.3, 0.4) is 0 Å². The molecule has 1 amide bonds. The van der Waals surface area contributed by atoms with Gasteiger partial charge in [-0.1, -0.05) is 12.1 Å². The molecule has 2 heterocycles. The highest BCUT2D eigenvalue weighted by molar-refractivity contribution is 6.46. The molecule has 1 fully saturated rings. The molecule has 186 valence electrons. The minimum Gasteiger partial charge on any atom is -0.507 e. The van der Waals surface area contributed by atoms with Crippen molar-refractivity contribution in [2.45, 2.75) is 46.3 Å². The van der Waals surface area contributed by atoms with Gasteiger partial charge in [0.2, 0.25) is 0 Å². The number of hydrogen-bond donors (Lipinski definition) is 2. The van der Waals surface area contributed by atoms with Crippen molar-refractivity contribution in [2.24, 2.45) is 0 Å². The van der Waals surface area contributed by atoms with Gasteiger partial charge in [-0.2, -0.15) is 0 Å². The normalized spacial score (nSPS) is 20.9. The molecule has 0 aromatic heterocycles. The number of aliphatic hydroxyl groups excluding tert-OH is 1. The Bertz CT molecular complexity index is 1120. The maximum absolute atomic E-state index is 13.3. The van der Waals surface area contributed by atoms with Crippen LogP contribution in [-0.4, -0.2) is 60.6 Å². The highest BCUT2D eigenvalue weighted by Gasteiger charge is 2.46. The lowest BCUT2D eigenvalue weighted by Crippen LogP contribution is -3.12. The van der Waals surface area contributed by atoms with Crippen molar-refractivity contribution in [2.75, 3.05) is 32.8 Å². The van der Waals surface area contributed by atoms with Crippen LogP contribution in [0.25, 0.3) is 5.76 Å². The molecule has 0 aliphatic carbocycles. The van der Waals surface area contributed by atoms with Crippen LogP contribution in [0, 0.1) is 0 Å². The molecule has 0 unspecified atom stereocenters. The topological polar surface area (TPSA) is 80.5 Å². The van der Waals surface area contributed by atoms with Crippen LogP contribution in [0.4, 0.5) is 0 Å². The second kappa shape index (κ2) is 10.5. The van der Waals surface area contributed by atoms with E-state index in [1.807, 2.05) is 50.2 Å².